The number of unbranched alkanes of at least 4 members (excludes halogenated alkanes) is 24. The van der Waals surface area contributed by atoms with E-state index in [0.29, 0.717) is 12.8 Å². The van der Waals surface area contributed by atoms with Gasteiger partial charge in [-0.1, -0.05) is 168 Å². The molecule has 0 aromatic carbocycles. The maximum Gasteiger partial charge on any atom is 0.472 e. The van der Waals surface area contributed by atoms with E-state index in [4.69, 9.17) is 19.1 Å². The minimum Gasteiger partial charge on any atom is -0.480 e. The van der Waals surface area contributed by atoms with Gasteiger partial charge in [0.2, 0.25) is 0 Å². The van der Waals surface area contributed by atoms with Gasteiger partial charge in [-0.3, -0.25) is 18.6 Å². The number of hydrogen-bond acceptors (Lipinski definition) is 8. The number of carbonyl (C=O) groups is 3. The Hall–Kier alpha value is -1.48. The fraction of sp³-hybridized carbons (Fsp3) is 0.919. The normalized spacial score (nSPS) is 13.2. The summed E-state index contributed by atoms with van der Waals surface area (Å²) >= 11 is 0. The van der Waals surface area contributed by atoms with Crippen LogP contribution in [0.15, 0.2) is 0 Å². The first-order valence-electron chi connectivity index (χ1n) is 19.4. The molecular weight excluding hydrogens is 635 g/mol. The lowest BCUT2D eigenvalue weighted by Crippen LogP contribution is -2.29. The minimum atomic E-state index is -4.70. The van der Waals surface area contributed by atoms with Crippen LogP contribution < -0.4 is 0 Å². The molecule has 0 saturated heterocycles. The summed E-state index contributed by atoms with van der Waals surface area (Å²) in [4.78, 5) is 45.2. The second-order valence-corrected chi connectivity index (χ2v) is 14.7. The van der Waals surface area contributed by atoms with Crippen molar-refractivity contribution in [3.05, 3.63) is 0 Å². The van der Waals surface area contributed by atoms with Gasteiger partial charge in [0.15, 0.2) is 12.7 Å². The Balaban J connectivity index is 4.26. The highest BCUT2D eigenvalue weighted by molar-refractivity contribution is 7.47. The van der Waals surface area contributed by atoms with Crippen molar-refractivity contribution in [2.24, 2.45) is 0 Å². The Bertz CT molecular complexity index is 822. The Morgan fingerprint density at radius 1 is 0.521 bits per heavy atom. The van der Waals surface area contributed by atoms with Gasteiger partial charge in [-0.05, 0) is 12.8 Å². The molecule has 0 rings (SSSR count). The zero-order valence-corrected chi connectivity index (χ0v) is 31.5. The van der Waals surface area contributed by atoms with Crippen molar-refractivity contribution in [2.75, 3.05) is 19.8 Å². The largest absolute Gasteiger partial charge is 0.480 e. The summed E-state index contributed by atoms with van der Waals surface area (Å²) in [6, 6.07) is 0. The van der Waals surface area contributed by atoms with Crippen molar-refractivity contribution in [3.63, 3.8) is 0 Å². The van der Waals surface area contributed by atoms with Crippen LogP contribution in [0.25, 0.3) is 0 Å². The lowest BCUT2D eigenvalue weighted by atomic mass is 10.0. The summed E-state index contributed by atoms with van der Waals surface area (Å²) in [7, 11) is -4.70. The van der Waals surface area contributed by atoms with Gasteiger partial charge in [0.1, 0.15) is 6.61 Å². The van der Waals surface area contributed by atoms with Crippen LogP contribution in [0.3, 0.4) is 0 Å². The summed E-state index contributed by atoms with van der Waals surface area (Å²) in [5, 5.41) is 8.69. The Labute approximate surface area is 292 Å². The number of hydrogen-bond donors (Lipinski definition) is 2. The molecule has 2 unspecified atom stereocenters. The highest BCUT2D eigenvalue weighted by Gasteiger charge is 2.27. The topological polar surface area (TPSA) is 146 Å². The zero-order valence-electron chi connectivity index (χ0n) is 30.6. The van der Waals surface area contributed by atoms with Crippen LogP contribution in [0.1, 0.15) is 194 Å². The predicted molar refractivity (Wildman–Crippen MR) is 191 cm³/mol. The van der Waals surface area contributed by atoms with Crippen LogP contribution in [0.5, 0.6) is 0 Å². The Morgan fingerprint density at radius 2 is 0.875 bits per heavy atom. The SMILES string of the molecule is CCCCCCCCCCCCCCCC(=O)OCC(COP(=O)(O)OCC(=O)O)OC(=O)CCCCCCCCCCCCCCC. The van der Waals surface area contributed by atoms with Crippen LogP contribution in [-0.4, -0.2) is 53.8 Å². The van der Waals surface area contributed by atoms with Gasteiger partial charge in [-0.2, -0.15) is 0 Å². The van der Waals surface area contributed by atoms with Crippen molar-refractivity contribution in [1.29, 1.82) is 0 Å². The van der Waals surface area contributed by atoms with E-state index in [9.17, 15) is 23.8 Å². The standard InChI is InChI=1S/C37H71O10P/c1-3-5-7-9-11-13-15-17-19-21-23-25-27-29-36(40)44-31-34(32-45-48(42,43)46-33-35(38)39)47-37(41)30-28-26-24-22-20-18-16-14-12-10-8-6-4-2/h34H,3-33H2,1-2H3,(H,38,39)(H,42,43). The fourth-order valence-corrected chi connectivity index (χ4v) is 6.25. The van der Waals surface area contributed by atoms with Gasteiger partial charge in [0.25, 0.3) is 0 Å². The van der Waals surface area contributed by atoms with E-state index in [1.165, 1.54) is 116 Å². The molecule has 0 heterocycles. The molecule has 284 valence electrons. The lowest BCUT2D eigenvalue weighted by molar-refractivity contribution is -0.161. The Kier molecular flexibility index (Phi) is 32.9. The highest BCUT2D eigenvalue weighted by atomic mass is 31.2. The van der Waals surface area contributed by atoms with Gasteiger partial charge < -0.3 is 19.5 Å². The van der Waals surface area contributed by atoms with Crippen LogP contribution in [-0.2, 0) is 37.5 Å². The van der Waals surface area contributed by atoms with Crippen LogP contribution in [0, 0.1) is 0 Å². The second-order valence-electron chi connectivity index (χ2n) is 13.2. The first kappa shape index (κ1) is 46.5. The van der Waals surface area contributed by atoms with Crippen molar-refractivity contribution in [2.45, 2.75) is 200 Å². The highest BCUT2D eigenvalue weighted by Crippen LogP contribution is 2.43. The molecule has 0 aliphatic carbocycles. The number of phosphoric ester groups is 1. The van der Waals surface area contributed by atoms with Crippen LogP contribution >= 0.6 is 7.82 Å². The maximum atomic E-state index is 12.5. The molecule has 2 atom stereocenters. The van der Waals surface area contributed by atoms with Gasteiger partial charge in [-0.15, -0.1) is 0 Å². The number of carboxylic acid groups (broad SMARTS) is 1. The monoisotopic (exact) mass is 706 g/mol. The van der Waals surface area contributed by atoms with Gasteiger partial charge in [0, 0.05) is 12.8 Å². The van der Waals surface area contributed by atoms with E-state index in [2.05, 4.69) is 18.4 Å². The first-order chi connectivity index (χ1) is 23.2. The zero-order chi connectivity index (χ0) is 35.6. The van der Waals surface area contributed by atoms with E-state index >= 15 is 0 Å². The number of carbonyl (C=O) groups excluding carboxylic acids is 2. The third-order valence-corrected chi connectivity index (χ3v) is 9.40. The molecule has 0 aliphatic rings. The molecular formula is C37H71O10P. The second kappa shape index (κ2) is 34.0. The number of carboxylic acids is 1. The summed E-state index contributed by atoms with van der Waals surface area (Å²) in [5.41, 5.74) is 0. The summed E-state index contributed by atoms with van der Waals surface area (Å²) in [5.74, 6) is -2.39. The van der Waals surface area contributed by atoms with Gasteiger partial charge >= 0.3 is 25.7 Å². The number of esters is 2. The molecule has 0 bridgehead atoms. The van der Waals surface area contributed by atoms with Crippen LogP contribution in [0.2, 0.25) is 0 Å². The average Bonchev–Trinajstić information content (AvgIpc) is 3.05. The van der Waals surface area contributed by atoms with Gasteiger partial charge in [0.05, 0.1) is 6.61 Å². The molecule has 11 heteroatoms. The van der Waals surface area contributed by atoms with E-state index in [0.717, 1.165) is 38.5 Å². The molecule has 2 N–H and O–H groups in total. The maximum absolute atomic E-state index is 12.5. The van der Waals surface area contributed by atoms with Crippen molar-refractivity contribution >= 4 is 25.7 Å². The molecule has 0 aromatic heterocycles. The Morgan fingerprint density at radius 3 is 1.25 bits per heavy atom. The third kappa shape index (κ3) is 34.4. The van der Waals surface area contributed by atoms with Crippen molar-refractivity contribution in [1.82, 2.24) is 0 Å². The first-order valence-corrected chi connectivity index (χ1v) is 20.9. The molecule has 0 aliphatic heterocycles. The molecule has 0 spiro atoms. The molecule has 10 nitrogen and oxygen atoms in total. The number of phosphoric acid groups is 1. The molecule has 48 heavy (non-hydrogen) atoms. The molecule has 0 saturated carbocycles. The van der Waals surface area contributed by atoms with E-state index in [-0.39, 0.29) is 19.4 Å². The average molecular weight is 707 g/mol. The van der Waals surface area contributed by atoms with E-state index in [1.54, 1.807) is 0 Å². The molecule has 0 aromatic rings. The van der Waals surface area contributed by atoms with E-state index < -0.39 is 45.0 Å². The smallest absolute Gasteiger partial charge is 0.472 e. The van der Waals surface area contributed by atoms with Crippen molar-refractivity contribution in [3.8, 4) is 0 Å². The molecule has 0 radical (unpaired) electrons. The van der Waals surface area contributed by atoms with Crippen LogP contribution in [0.4, 0.5) is 0 Å². The number of ether oxygens (including phenoxy) is 2. The van der Waals surface area contributed by atoms with Gasteiger partial charge in [-0.25, -0.2) is 9.36 Å². The summed E-state index contributed by atoms with van der Waals surface area (Å²) < 4.78 is 31.9. The minimum absolute atomic E-state index is 0.174. The lowest BCUT2D eigenvalue weighted by Gasteiger charge is -2.19. The predicted octanol–water partition coefficient (Wildman–Crippen LogP) is 10.6. The molecule has 0 fully saturated rings. The molecule has 0 amide bonds. The quantitative estimate of drug-likeness (QED) is 0.0363. The number of rotatable bonds is 37. The fourth-order valence-electron chi connectivity index (χ4n) is 5.54. The summed E-state index contributed by atoms with van der Waals surface area (Å²) in [6.07, 6.45) is 30.3. The van der Waals surface area contributed by atoms with E-state index in [1.807, 2.05) is 0 Å². The third-order valence-electron chi connectivity index (χ3n) is 8.47. The summed E-state index contributed by atoms with van der Waals surface area (Å²) in [6.45, 7) is 2.54. The van der Waals surface area contributed by atoms with Crippen molar-refractivity contribution < 1.29 is 47.5 Å². The number of aliphatic carboxylic acids is 1.